The summed E-state index contributed by atoms with van der Waals surface area (Å²) in [5.74, 6) is 1.78. The molecule has 3 aromatic rings. The van der Waals surface area contributed by atoms with Gasteiger partial charge in [0.25, 0.3) is 0 Å². The molecule has 4 heteroatoms. The number of imidazole rings is 1. The number of nitrogens with zero attached hydrogens (tertiary/aromatic N) is 3. The van der Waals surface area contributed by atoms with Gasteiger partial charge in [-0.3, -0.25) is 9.88 Å². The van der Waals surface area contributed by atoms with Crippen LogP contribution in [0.25, 0.3) is 11.0 Å². The molecule has 1 atom stereocenters. The average molecular weight is 292 g/mol. The van der Waals surface area contributed by atoms with Crippen molar-refractivity contribution in [1.82, 2.24) is 19.9 Å². The number of rotatable bonds is 4. The lowest BCUT2D eigenvalue weighted by Gasteiger charge is -2.14. The summed E-state index contributed by atoms with van der Waals surface area (Å²) in [5, 5.41) is 0. The lowest BCUT2D eigenvalue weighted by atomic mass is 10.0. The zero-order valence-electron chi connectivity index (χ0n) is 12.6. The predicted octanol–water partition coefficient (Wildman–Crippen LogP) is 3.02. The van der Waals surface area contributed by atoms with Crippen molar-refractivity contribution in [2.45, 2.75) is 19.4 Å². The highest BCUT2D eigenvalue weighted by atomic mass is 15.2. The minimum Gasteiger partial charge on any atom is -0.341 e. The Balaban J connectivity index is 1.38. The van der Waals surface area contributed by atoms with E-state index in [2.05, 4.69) is 44.1 Å². The van der Waals surface area contributed by atoms with Crippen LogP contribution in [0.5, 0.6) is 0 Å². The highest BCUT2D eigenvalue weighted by Crippen LogP contribution is 2.22. The summed E-state index contributed by atoms with van der Waals surface area (Å²) < 4.78 is 0. The first-order valence-electron chi connectivity index (χ1n) is 7.93. The molecule has 1 saturated heterocycles. The van der Waals surface area contributed by atoms with Crippen molar-refractivity contribution < 1.29 is 0 Å². The Bertz CT molecular complexity index is 717. The minimum absolute atomic E-state index is 0.708. The molecule has 0 saturated carbocycles. The molecule has 0 amide bonds. The second kappa shape index (κ2) is 5.89. The van der Waals surface area contributed by atoms with E-state index in [0.717, 1.165) is 42.9 Å². The molecule has 22 heavy (non-hydrogen) atoms. The van der Waals surface area contributed by atoms with Gasteiger partial charge >= 0.3 is 0 Å². The number of nitrogens with one attached hydrogen (secondary N) is 1. The van der Waals surface area contributed by atoms with Crippen LogP contribution in [-0.2, 0) is 13.0 Å². The third kappa shape index (κ3) is 2.88. The number of H-pyrrole nitrogens is 1. The van der Waals surface area contributed by atoms with E-state index in [-0.39, 0.29) is 0 Å². The molecule has 1 aromatic carbocycles. The molecular formula is C18H20N4. The molecule has 1 unspecified atom stereocenters. The Kier molecular flexibility index (Phi) is 3.60. The number of benzene rings is 1. The fraction of sp³-hybridized carbons (Fsp3) is 0.333. The minimum atomic E-state index is 0.708. The molecule has 112 valence electrons. The standard InChI is InChI=1S/C18H20N4/c1-2-7-17-16(6-1)20-18(21-17)13-22-10-8-14(12-22)11-15-5-3-4-9-19-15/h1-7,9,14H,8,10-13H2,(H,20,21). The second-order valence-corrected chi connectivity index (χ2v) is 6.12. The van der Waals surface area contributed by atoms with E-state index < -0.39 is 0 Å². The summed E-state index contributed by atoms with van der Waals surface area (Å²) in [6, 6.07) is 14.4. The highest BCUT2D eigenvalue weighted by molar-refractivity contribution is 5.74. The normalized spacial score (nSPS) is 19.0. The van der Waals surface area contributed by atoms with Crippen molar-refractivity contribution in [3.05, 3.63) is 60.2 Å². The van der Waals surface area contributed by atoms with Crippen LogP contribution in [0.3, 0.4) is 0 Å². The van der Waals surface area contributed by atoms with E-state index in [1.807, 2.05) is 24.4 Å². The number of aromatic nitrogens is 3. The van der Waals surface area contributed by atoms with Crippen LogP contribution in [0.4, 0.5) is 0 Å². The summed E-state index contributed by atoms with van der Waals surface area (Å²) in [6.07, 6.45) is 4.21. The maximum absolute atomic E-state index is 4.68. The number of aromatic amines is 1. The number of hydrogen-bond acceptors (Lipinski definition) is 3. The summed E-state index contributed by atoms with van der Waals surface area (Å²) in [5.41, 5.74) is 3.39. The van der Waals surface area contributed by atoms with Gasteiger partial charge in [-0.15, -0.1) is 0 Å². The molecule has 1 N–H and O–H groups in total. The summed E-state index contributed by atoms with van der Waals surface area (Å²) >= 11 is 0. The largest absolute Gasteiger partial charge is 0.341 e. The highest BCUT2D eigenvalue weighted by Gasteiger charge is 2.23. The Labute approximate surface area is 130 Å². The first kappa shape index (κ1) is 13.5. The van der Waals surface area contributed by atoms with Crippen LogP contribution in [-0.4, -0.2) is 32.9 Å². The molecule has 4 rings (SSSR count). The van der Waals surface area contributed by atoms with Crippen molar-refractivity contribution in [3.63, 3.8) is 0 Å². The van der Waals surface area contributed by atoms with E-state index in [1.54, 1.807) is 0 Å². The first-order chi connectivity index (χ1) is 10.9. The van der Waals surface area contributed by atoms with E-state index >= 15 is 0 Å². The van der Waals surface area contributed by atoms with Gasteiger partial charge in [-0.2, -0.15) is 0 Å². The molecule has 0 radical (unpaired) electrons. The van der Waals surface area contributed by atoms with Gasteiger partial charge in [-0.05, 0) is 49.6 Å². The number of pyridine rings is 1. The average Bonchev–Trinajstić information content (AvgIpc) is 3.14. The molecule has 1 aliphatic heterocycles. The third-order valence-corrected chi connectivity index (χ3v) is 4.41. The maximum atomic E-state index is 4.68. The predicted molar refractivity (Wildman–Crippen MR) is 87.4 cm³/mol. The Morgan fingerprint density at radius 3 is 2.91 bits per heavy atom. The van der Waals surface area contributed by atoms with E-state index in [9.17, 15) is 0 Å². The van der Waals surface area contributed by atoms with E-state index in [1.165, 1.54) is 12.1 Å². The van der Waals surface area contributed by atoms with Crippen molar-refractivity contribution in [1.29, 1.82) is 0 Å². The van der Waals surface area contributed by atoms with Crippen LogP contribution in [0.15, 0.2) is 48.7 Å². The maximum Gasteiger partial charge on any atom is 0.121 e. The number of fused-ring (bicyclic) bond motifs is 1. The number of para-hydroxylation sites is 2. The van der Waals surface area contributed by atoms with Crippen molar-refractivity contribution >= 4 is 11.0 Å². The van der Waals surface area contributed by atoms with Gasteiger partial charge in [0.2, 0.25) is 0 Å². The topological polar surface area (TPSA) is 44.8 Å². The quantitative estimate of drug-likeness (QED) is 0.804. The number of hydrogen-bond donors (Lipinski definition) is 1. The van der Waals surface area contributed by atoms with E-state index in [4.69, 9.17) is 0 Å². The fourth-order valence-corrected chi connectivity index (χ4v) is 3.33. The van der Waals surface area contributed by atoms with Gasteiger partial charge in [-0.25, -0.2) is 4.98 Å². The summed E-state index contributed by atoms with van der Waals surface area (Å²) in [6.45, 7) is 3.19. The molecular weight excluding hydrogens is 272 g/mol. The Hall–Kier alpha value is -2.20. The zero-order chi connectivity index (χ0) is 14.8. The summed E-state index contributed by atoms with van der Waals surface area (Å²) in [7, 11) is 0. The zero-order valence-corrected chi connectivity index (χ0v) is 12.6. The van der Waals surface area contributed by atoms with Crippen LogP contribution in [0.1, 0.15) is 17.9 Å². The fourth-order valence-electron chi connectivity index (χ4n) is 3.33. The third-order valence-electron chi connectivity index (χ3n) is 4.41. The van der Waals surface area contributed by atoms with Gasteiger partial charge in [0.05, 0.1) is 17.6 Å². The molecule has 0 aliphatic carbocycles. The van der Waals surface area contributed by atoms with Crippen LogP contribution in [0, 0.1) is 5.92 Å². The van der Waals surface area contributed by atoms with Crippen LogP contribution in [0.2, 0.25) is 0 Å². The van der Waals surface area contributed by atoms with Gasteiger partial charge in [0, 0.05) is 18.4 Å². The molecule has 0 spiro atoms. The first-order valence-corrected chi connectivity index (χ1v) is 7.93. The van der Waals surface area contributed by atoms with Crippen molar-refractivity contribution in [2.75, 3.05) is 13.1 Å². The van der Waals surface area contributed by atoms with Gasteiger partial charge in [0.15, 0.2) is 0 Å². The van der Waals surface area contributed by atoms with Gasteiger partial charge in [-0.1, -0.05) is 18.2 Å². The molecule has 0 bridgehead atoms. The second-order valence-electron chi connectivity index (χ2n) is 6.12. The molecule has 1 fully saturated rings. The smallest absolute Gasteiger partial charge is 0.121 e. The molecule has 4 nitrogen and oxygen atoms in total. The Morgan fingerprint density at radius 2 is 2.05 bits per heavy atom. The summed E-state index contributed by atoms with van der Waals surface area (Å²) in [4.78, 5) is 15.0. The van der Waals surface area contributed by atoms with Crippen LogP contribution < -0.4 is 0 Å². The van der Waals surface area contributed by atoms with Crippen LogP contribution >= 0.6 is 0 Å². The van der Waals surface area contributed by atoms with E-state index in [0.29, 0.717) is 5.92 Å². The Morgan fingerprint density at radius 1 is 1.14 bits per heavy atom. The molecule has 3 heterocycles. The van der Waals surface area contributed by atoms with Crippen molar-refractivity contribution in [3.8, 4) is 0 Å². The lowest BCUT2D eigenvalue weighted by molar-refractivity contribution is 0.309. The number of likely N-dealkylation sites (tertiary alicyclic amines) is 1. The van der Waals surface area contributed by atoms with Gasteiger partial charge in [0.1, 0.15) is 5.82 Å². The lowest BCUT2D eigenvalue weighted by Crippen LogP contribution is -2.21. The van der Waals surface area contributed by atoms with Crippen molar-refractivity contribution in [2.24, 2.45) is 5.92 Å². The van der Waals surface area contributed by atoms with Gasteiger partial charge < -0.3 is 4.98 Å². The monoisotopic (exact) mass is 292 g/mol. The molecule has 1 aliphatic rings. The SMILES string of the molecule is c1ccc(CC2CCN(Cc3nc4ccccc4[nH]3)C2)nc1. The molecule has 2 aromatic heterocycles.